The molecule has 136 valence electrons. The van der Waals surface area contributed by atoms with Crippen molar-refractivity contribution in [3.05, 3.63) is 70.6 Å². The monoisotopic (exact) mass is 370 g/mol. The SMILES string of the molecule is O=C(N[C@H]1CCN(Cc2ccccc2)C1)c1cccc2c1C=CS2(O)O. The standard InChI is InChI=1S/C20H22N2O3S/c23-20(18-7-4-8-19-17(18)10-12-26(19,24)25)21-16-9-11-22(14-16)13-15-5-2-1-3-6-15/h1-8,10,12,16,24-25H,9,11,13-14H2,(H,21,23)/t16-/m0/s1. The van der Waals surface area contributed by atoms with Crippen LogP contribution in [-0.4, -0.2) is 39.0 Å². The lowest BCUT2D eigenvalue weighted by Gasteiger charge is -2.25. The Kier molecular flexibility index (Phi) is 4.58. The molecule has 1 atom stereocenters. The Morgan fingerprint density at radius 2 is 1.96 bits per heavy atom. The zero-order chi connectivity index (χ0) is 18.1. The van der Waals surface area contributed by atoms with Gasteiger partial charge in [-0.05, 0) is 30.2 Å². The van der Waals surface area contributed by atoms with E-state index in [9.17, 15) is 13.9 Å². The topological polar surface area (TPSA) is 72.8 Å². The lowest BCUT2D eigenvalue weighted by atomic mass is 10.1. The molecule has 3 N–H and O–H groups in total. The third kappa shape index (κ3) is 3.41. The van der Waals surface area contributed by atoms with Gasteiger partial charge in [0.1, 0.15) is 0 Å². The third-order valence-electron chi connectivity index (χ3n) is 4.92. The average molecular weight is 370 g/mol. The molecule has 2 heterocycles. The van der Waals surface area contributed by atoms with E-state index in [2.05, 4.69) is 22.3 Å². The summed E-state index contributed by atoms with van der Waals surface area (Å²) < 4.78 is 20.1. The predicted molar refractivity (Wildman–Crippen MR) is 104 cm³/mol. The van der Waals surface area contributed by atoms with Gasteiger partial charge in [0.15, 0.2) is 0 Å². The second-order valence-electron chi connectivity index (χ2n) is 6.79. The molecular weight excluding hydrogens is 348 g/mol. The summed E-state index contributed by atoms with van der Waals surface area (Å²) in [5, 5.41) is 4.48. The average Bonchev–Trinajstić information content (AvgIpc) is 3.20. The molecule has 1 saturated heterocycles. The van der Waals surface area contributed by atoms with Gasteiger partial charge in [0.05, 0.1) is 4.90 Å². The van der Waals surface area contributed by atoms with E-state index < -0.39 is 10.6 Å². The first-order valence-corrected chi connectivity index (χ1v) is 10.3. The summed E-state index contributed by atoms with van der Waals surface area (Å²) in [6.07, 6.45) is 2.55. The fraction of sp³-hybridized carbons (Fsp3) is 0.250. The minimum absolute atomic E-state index is 0.104. The first-order valence-electron chi connectivity index (χ1n) is 8.69. The van der Waals surface area contributed by atoms with Crippen LogP contribution in [0.25, 0.3) is 6.08 Å². The molecule has 0 bridgehead atoms. The fourth-order valence-corrected chi connectivity index (χ4v) is 4.86. The number of carbonyl (C=O) groups is 1. The van der Waals surface area contributed by atoms with Crippen LogP contribution >= 0.6 is 10.6 Å². The van der Waals surface area contributed by atoms with E-state index in [1.165, 1.54) is 11.0 Å². The van der Waals surface area contributed by atoms with Crippen molar-refractivity contribution in [2.75, 3.05) is 13.1 Å². The minimum atomic E-state index is -2.90. The number of hydrogen-bond donors (Lipinski definition) is 3. The first-order chi connectivity index (χ1) is 12.5. The number of carbonyl (C=O) groups excluding carboxylic acids is 1. The van der Waals surface area contributed by atoms with Crippen molar-refractivity contribution >= 4 is 22.6 Å². The fourth-order valence-electron chi connectivity index (χ4n) is 3.61. The Labute approximate surface area is 154 Å². The molecule has 0 aromatic heterocycles. The van der Waals surface area contributed by atoms with E-state index in [-0.39, 0.29) is 11.9 Å². The molecule has 0 spiro atoms. The number of nitrogens with zero attached hydrogens (tertiary/aromatic N) is 1. The molecular formula is C20H22N2O3S. The quantitative estimate of drug-likeness (QED) is 0.766. The van der Waals surface area contributed by atoms with Crippen LogP contribution < -0.4 is 5.32 Å². The minimum Gasteiger partial charge on any atom is -0.348 e. The third-order valence-corrected chi connectivity index (χ3v) is 6.43. The van der Waals surface area contributed by atoms with E-state index in [0.717, 1.165) is 26.1 Å². The van der Waals surface area contributed by atoms with Crippen LogP contribution in [0, 0.1) is 0 Å². The number of benzene rings is 2. The maximum absolute atomic E-state index is 12.7. The van der Waals surface area contributed by atoms with Gasteiger partial charge in [-0.25, -0.2) is 0 Å². The number of hydrogen-bond acceptors (Lipinski definition) is 4. The van der Waals surface area contributed by atoms with Gasteiger partial charge in [-0.1, -0.05) is 36.4 Å². The van der Waals surface area contributed by atoms with Crippen LogP contribution in [0.15, 0.2) is 58.8 Å². The molecule has 2 aliphatic rings. The molecule has 1 fully saturated rings. The van der Waals surface area contributed by atoms with Gasteiger partial charge in [0.2, 0.25) is 0 Å². The Morgan fingerprint density at radius 1 is 1.15 bits per heavy atom. The number of fused-ring (bicyclic) bond motifs is 1. The van der Waals surface area contributed by atoms with Crippen molar-refractivity contribution in [1.29, 1.82) is 0 Å². The molecule has 2 aromatic carbocycles. The van der Waals surface area contributed by atoms with Gasteiger partial charge in [0.25, 0.3) is 5.91 Å². The normalized spacial score (nSPS) is 22.2. The summed E-state index contributed by atoms with van der Waals surface area (Å²) in [5.41, 5.74) is 2.39. The van der Waals surface area contributed by atoms with Crippen LogP contribution in [0.1, 0.15) is 27.9 Å². The Morgan fingerprint density at radius 3 is 2.77 bits per heavy atom. The Bertz CT molecular complexity index is 851. The zero-order valence-electron chi connectivity index (χ0n) is 14.3. The maximum atomic E-state index is 12.7. The summed E-state index contributed by atoms with van der Waals surface area (Å²) in [4.78, 5) is 15.5. The van der Waals surface area contributed by atoms with Gasteiger partial charge < -0.3 is 5.32 Å². The molecule has 26 heavy (non-hydrogen) atoms. The molecule has 1 amide bonds. The number of rotatable bonds is 4. The van der Waals surface area contributed by atoms with E-state index in [0.29, 0.717) is 16.0 Å². The van der Waals surface area contributed by atoms with Crippen LogP contribution in [0.2, 0.25) is 0 Å². The summed E-state index contributed by atoms with van der Waals surface area (Å²) in [6, 6.07) is 15.5. The van der Waals surface area contributed by atoms with Gasteiger partial charge in [0, 0.05) is 42.2 Å². The lowest BCUT2D eigenvalue weighted by molar-refractivity contribution is 0.0937. The van der Waals surface area contributed by atoms with Gasteiger partial charge in [-0.3, -0.25) is 18.8 Å². The van der Waals surface area contributed by atoms with Crippen molar-refractivity contribution in [1.82, 2.24) is 10.2 Å². The number of nitrogens with one attached hydrogen (secondary N) is 1. The molecule has 6 heteroatoms. The summed E-state index contributed by atoms with van der Waals surface area (Å²) in [5.74, 6) is -0.157. The van der Waals surface area contributed by atoms with Crippen molar-refractivity contribution < 1.29 is 13.9 Å². The van der Waals surface area contributed by atoms with Crippen molar-refractivity contribution in [3.63, 3.8) is 0 Å². The van der Waals surface area contributed by atoms with E-state index in [4.69, 9.17) is 0 Å². The van der Waals surface area contributed by atoms with Gasteiger partial charge in [-0.2, -0.15) is 0 Å². The summed E-state index contributed by atoms with van der Waals surface area (Å²) in [6.45, 7) is 2.66. The van der Waals surface area contributed by atoms with Crippen molar-refractivity contribution in [2.24, 2.45) is 0 Å². The molecule has 0 radical (unpaired) electrons. The van der Waals surface area contributed by atoms with Crippen LogP contribution in [0.4, 0.5) is 0 Å². The highest BCUT2D eigenvalue weighted by atomic mass is 32.3. The van der Waals surface area contributed by atoms with E-state index >= 15 is 0 Å². The second-order valence-corrected chi connectivity index (χ2v) is 8.69. The zero-order valence-corrected chi connectivity index (χ0v) is 15.2. The van der Waals surface area contributed by atoms with Crippen LogP contribution in [0.3, 0.4) is 0 Å². The summed E-state index contributed by atoms with van der Waals surface area (Å²) >= 11 is 0. The highest BCUT2D eigenvalue weighted by Gasteiger charge is 2.28. The molecule has 2 aliphatic heterocycles. The van der Waals surface area contributed by atoms with Crippen molar-refractivity contribution in [2.45, 2.75) is 23.9 Å². The summed E-state index contributed by atoms with van der Waals surface area (Å²) in [7, 11) is -2.90. The molecule has 0 saturated carbocycles. The number of likely N-dealkylation sites (tertiary alicyclic amines) is 1. The van der Waals surface area contributed by atoms with Gasteiger partial charge in [-0.15, -0.1) is 10.6 Å². The van der Waals surface area contributed by atoms with Crippen molar-refractivity contribution in [3.8, 4) is 0 Å². The highest BCUT2D eigenvalue weighted by molar-refractivity contribution is 8.27. The maximum Gasteiger partial charge on any atom is 0.252 e. The molecule has 5 nitrogen and oxygen atoms in total. The van der Waals surface area contributed by atoms with E-state index in [1.54, 1.807) is 24.3 Å². The second kappa shape index (κ2) is 6.89. The highest BCUT2D eigenvalue weighted by Crippen LogP contribution is 2.56. The first kappa shape index (κ1) is 17.3. The Hall–Kier alpha value is -2.12. The number of amides is 1. The molecule has 4 rings (SSSR count). The predicted octanol–water partition coefficient (Wildman–Crippen LogP) is 3.78. The van der Waals surface area contributed by atoms with Gasteiger partial charge >= 0.3 is 0 Å². The lowest BCUT2D eigenvalue weighted by Crippen LogP contribution is -2.37. The Balaban J connectivity index is 1.41. The molecule has 2 aromatic rings. The van der Waals surface area contributed by atoms with Crippen LogP contribution in [0.5, 0.6) is 0 Å². The van der Waals surface area contributed by atoms with E-state index in [1.807, 2.05) is 18.2 Å². The van der Waals surface area contributed by atoms with Crippen LogP contribution in [-0.2, 0) is 6.54 Å². The smallest absolute Gasteiger partial charge is 0.252 e. The largest absolute Gasteiger partial charge is 0.348 e. The molecule has 0 aliphatic carbocycles. The molecule has 0 unspecified atom stereocenters.